The summed E-state index contributed by atoms with van der Waals surface area (Å²) in [7, 11) is 0. The second kappa shape index (κ2) is 3.75. The minimum atomic E-state index is -0.135. The van der Waals surface area contributed by atoms with E-state index in [1.807, 2.05) is 6.92 Å². The van der Waals surface area contributed by atoms with Crippen molar-refractivity contribution in [1.82, 2.24) is 19.9 Å². The highest BCUT2D eigenvalue weighted by Crippen LogP contribution is 2.08. The number of amides is 1. The molecule has 0 bridgehead atoms. The predicted octanol–water partition coefficient (Wildman–Crippen LogP) is 0.931. The molecule has 0 fully saturated rings. The van der Waals surface area contributed by atoms with Crippen molar-refractivity contribution in [3.05, 3.63) is 17.4 Å². The number of nitrogens with one attached hydrogen (secondary N) is 1. The molecule has 74 valence electrons. The number of hydrogen-bond acceptors (Lipinski definition) is 4. The molecule has 0 aliphatic rings. The zero-order valence-corrected chi connectivity index (χ0v) is 8.54. The van der Waals surface area contributed by atoms with Crippen molar-refractivity contribution >= 4 is 22.2 Å². The van der Waals surface area contributed by atoms with Gasteiger partial charge in [0.1, 0.15) is 11.2 Å². The molecular weight excluding hydrogens is 200 g/mol. The van der Waals surface area contributed by atoms with Crippen LogP contribution >= 0.6 is 11.3 Å². The lowest BCUT2D eigenvalue weighted by Crippen LogP contribution is -2.24. The standard InChI is InChI=1S/C8H10N4OS/c1-2-3-9-7(13)6-4-12-8(11-6)14-5-10-12/h4-5H,2-3H2,1H3,(H,9,13). The number of carbonyl (C=O) groups excluding carboxylic acids is 1. The van der Waals surface area contributed by atoms with Crippen LogP contribution in [0.25, 0.3) is 4.96 Å². The molecule has 1 N–H and O–H groups in total. The highest BCUT2D eigenvalue weighted by atomic mass is 32.1. The van der Waals surface area contributed by atoms with E-state index in [1.165, 1.54) is 11.3 Å². The second-order valence-electron chi connectivity index (χ2n) is 2.85. The van der Waals surface area contributed by atoms with Crippen molar-refractivity contribution in [3.63, 3.8) is 0 Å². The molecule has 2 aromatic heterocycles. The lowest BCUT2D eigenvalue weighted by atomic mass is 10.4. The van der Waals surface area contributed by atoms with Gasteiger partial charge in [-0.1, -0.05) is 18.3 Å². The largest absolute Gasteiger partial charge is 0.351 e. The van der Waals surface area contributed by atoms with Gasteiger partial charge in [-0.3, -0.25) is 4.79 Å². The summed E-state index contributed by atoms with van der Waals surface area (Å²) in [4.78, 5) is 16.3. The van der Waals surface area contributed by atoms with E-state index in [1.54, 1.807) is 16.2 Å². The Morgan fingerprint density at radius 1 is 1.71 bits per heavy atom. The van der Waals surface area contributed by atoms with Crippen LogP contribution in [0.5, 0.6) is 0 Å². The normalized spacial score (nSPS) is 10.6. The molecule has 14 heavy (non-hydrogen) atoms. The van der Waals surface area contributed by atoms with Gasteiger partial charge < -0.3 is 5.32 Å². The Bertz CT molecular complexity index is 418. The number of carbonyl (C=O) groups is 1. The topological polar surface area (TPSA) is 59.3 Å². The van der Waals surface area contributed by atoms with Crippen molar-refractivity contribution in [1.29, 1.82) is 0 Å². The average Bonchev–Trinajstić information content (AvgIpc) is 2.72. The Labute approximate surface area is 84.8 Å². The van der Waals surface area contributed by atoms with E-state index >= 15 is 0 Å². The summed E-state index contributed by atoms with van der Waals surface area (Å²) >= 11 is 1.41. The van der Waals surface area contributed by atoms with Crippen LogP contribution in [0.2, 0.25) is 0 Å². The lowest BCUT2D eigenvalue weighted by molar-refractivity contribution is 0.0949. The first-order chi connectivity index (χ1) is 6.81. The van der Waals surface area contributed by atoms with Crippen LogP contribution in [-0.2, 0) is 0 Å². The highest BCUT2D eigenvalue weighted by molar-refractivity contribution is 7.14. The molecule has 2 aromatic rings. The number of aromatic nitrogens is 3. The lowest BCUT2D eigenvalue weighted by Gasteiger charge is -1.98. The van der Waals surface area contributed by atoms with Gasteiger partial charge in [0, 0.05) is 6.54 Å². The third-order valence-corrected chi connectivity index (χ3v) is 2.44. The van der Waals surface area contributed by atoms with E-state index in [-0.39, 0.29) is 5.91 Å². The van der Waals surface area contributed by atoms with Gasteiger partial charge in [0.25, 0.3) is 5.91 Å². The summed E-state index contributed by atoms with van der Waals surface area (Å²) in [6, 6.07) is 0. The molecule has 0 radical (unpaired) electrons. The maximum absolute atomic E-state index is 11.5. The summed E-state index contributed by atoms with van der Waals surface area (Å²) in [6.07, 6.45) is 2.56. The fraction of sp³-hybridized carbons (Fsp3) is 0.375. The molecule has 0 aliphatic heterocycles. The minimum absolute atomic E-state index is 0.135. The second-order valence-corrected chi connectivity index (χ2v) is 3.66. The summed E-state index contributed by atoms with van der Waals surface area (Å²) < 4.78 is 1.60. The first kappa shape index (κ1) is 9.14. The van der Waals surface area contributed by atoms with E-state index in [2.05, 4.69) is 15.4 Å². The maximum Gasteiger partial charge on any atom is 0.271 e. The molecule has 0 saturated carbocycles. The summed E-state index contributed by atoms with van der Waals surface area (Å²) in [5, 5.41) is 6.76. The molecular formula is C8H10N4OS. The van der Waals surface area contributed by atoms with Crippen LogP contribution in [0.4, 0.5) is 0 Å². The van der Waals surface area contributed by atoms with Crippen molar-refractivity contribution < 1.29 is 4.79 Å². The van der Waals surface area contributed by atoms with Crippen LogP contribution < -0.4 is 5.32 Å². The van der Waals surface area contributed by atoms with Gasteiger partial charge in [-0.15, -0.1) is 0 Å². The first-order valence-electron chi connectivity index (χ1n) is 4.38. The van der Waals surface area contributed by atoms with Crippen LogP contribution in [0.15, 0.2) is 11.7 Å². The predicted molar refractivity (Wildman–Crippen MR) is 53.5 cm³/mol. The molecule has 5 nitrogen and oxygen atoms in total. The number of nitrogens with zero attached hydrogens (tertiary/aromatic N) is 3. The van der Waals surface area contributed by atoms with Crippen molar-refractivity contribution in [2.24, 2.45) is 0 Å². The minimum Gasteiger partial charge on any atom is -0.351 e. The van der Waals surface area contributed by atoms with Crippen LogP contribution in [0.3, 0.4) is 0 Å². The van der Waals surface area contributed by atoms with Crippen LogP contribution in [0.1, 0.15) is 23.8 Å². The Morgan fingerprint density at radius 3 is 3.29 bits per heavy atom. The Hall–Kier alpha value is -1.43. The van der Waals surface area contributed by atoms with E-state index in [4.69, 9.17) is 0 Å². The summed E-state index contributed by atoms with van der Waals surface area (Å²) in [5.74, 6) is -0.135. The first-order valence-corrected chi connectivity index (χ1v) is 5.26. The maximum atomic E-state index is 11.5. The number of imidazole rings is 1. The van der Waals surface area contributed by atoms with Gasteiger partial charge in [0.2, 0.25) is 4.96 Å². The van der Waals surface area contributed by atoms with Gasteiger partial charge >= 0.3 is 0 Å². The van der Waals surface area contributed by atoms with Gasteiger partial charge in [0.05, 0.1) is 6.20 Å². The number of hydrogen-bond donors (Lipinski definition) is 1. The molecule has 0 unspecified atom stereocenters. The molecule has 6 heteroatoms. The fourth-order valence-electron chi connectivity index (χ4n) is 1.08. The van der Waals surface area contributed by atoms with E-state index in [9.17, 15) is 4.79 Å². The van der Waals surface area contributed by atoms with Gasteiger partial charge in [0.15, 0.2) is 0 Å². The zero-order valence-electron chi connectivity index (χ0n) is 7.73. The Kier molecular flexibility index (Phi) is 2.45. The summed E-state index contributed by atoms with van der Waals surface area (Å²) in [5.41, 5.74) is 2.12. The average molecular weight is 210 g/mol. The van der Waals surface area contributed by atoms with Crippen LogP contribution in [0, 0.1) is 0 Å². The van der Waals surface area contributed by atoms with E-state index in [0.717, 1.165) is 11.4 Å². The molecule has 2 rings (SSSR count). The zero-order chi connectivity index (χ0) is 9.97. The van der Waals surface area contributed by atoms with Gasteiger partial charge in [-0.25, -0.2) is 9.50 Å². The van der Waals surface area contributed by atoms with Gasteiger partial charge in [-0.2, -0.15) is 5.10 Å². The fourth-order valence-corrected chi connectivity index (χ4v) is 1.68. The third kappa shape index (κ3) is 1.60. The highest BCUT2D eigenvalue weighted by Gasteiger charge is 2.10. The quantitative estimate of drug-likeness (QED) is 0.819. The molecule has 0 aromatic carbocycles. The smallest absolute Gasteiger partial charge is 0.271 e. The summed E-state index contributed by atoms with van der Waals surface area (Å²) in [6.45, 7) is 2.69. The number of rotatable bonds is 3. The SMILES string of the molecule is CCCNC(=O)c1cn2ncsc2n1. The van der Waals surface area contributed by atoms with Crippen LogP contribution in [-0.4, -0.2) is 27.0 Å². The van der Waals surface area contributed by atoms with Gasteiger partial charge in [-0.05, 0) is 6.42 Å². The van der Waals surface area contributed by atoms with E-state index < -0.39 is 0 Å². The molecule has 1 amide bonds. The molecule has 2 heterocycles. The van der Waals surface area contributed by atoms with Crippen molar-refractivity contribution in [3.8, 4) is 0 Å². The molecule has 0 saturated heterocycles. The molecule has 0 aliphatic carbocycles. The van der Waals surface area contributed by atoms with E-state index in [0.29, 0.717) is 12.2 Å². The van der Waals surface area contributed by atoms with Crippen molar-refractivity contribution in [2.45, 2.75) is 13.3 Å². The Morgan fingerprint density at radius 2 is 2.57 bits per heavy atom. The number of fused-ring (bicyclic) bond motifs is 1. The third-order valence-electron chi connectivity index (χ3n) is 1.75. The Balaban J connectivity index is 2.18. The van der Waals surface area contributed by atoms with Crippen molar-refractivity contribution in [2.75, 3.05) is 6.54 Å². The monoisotopic (exact) mass is 210 g/mol. The molecule has 0 atom stereocenters. The molecule has 0 spiro atoms.